The van der Waals surface area contributed by atoms with E-state index in [1.165, 1.54) is 0 Å². The predicted octanol–water partition coefficient (Wildman–Crippen LogP) is 2.19. The summed E-state index contributed by atoms with van der Waals surface area (Å²) in [7, 11) is 1.69. The maximum atomic E-state index is 10.7. The van der Waals surface area contributed by atoms with Crippen LogP contribution in [0.2, 0.25) is 0 Å². The molecule has 1 rings (SSSR count). The molecule has 64 valence electrons. The van der Waals surface area contributed by atoms with Gasteiger partial charge in [-0.05, 0) is 28.1 Å². The van der Waals surface area contributed by atoms with Gasteiger partial charge in [0.2, 0.25) is 0 Å². The lowest BCUT2D eigenvalue weighted by atomic mass is 10.2. The molecule has 0 aliphatic carbocycles. The number of rotatable bonds is 2. The van der Waals surface area contributed by atoms with Crippen LogP contribution in [0.5, 0.6) is 0 Å². The van der Waals surface area contributed by atoms with Gasteiger partial charge < -0.3 is 10.4 Å². The topological polar surface area (TPSA) is 49.3 Å². The monoisotopic (exact) mass is 229 g/mol. The van der Waals surface area contributed by atoms with Crippen LogP contribution in [0.1, 0.15) is 10.4 Å². The normalized spacial score (nSPS) is 9.50. The van der Waals surface area contributed by atoms with Crippen molar-refractivity contribution in [3.05, 3.63) is 28.2 Å². The zero-order valence-corrected chi connectivity index (χ0v) is 8.05. The molecule has 1 aromatic carbocycles. The van der Waals surface area contributed by atoms with Gasteiger partial charge in [-0.2, -0.15) is 0 Å². The summed E-state index contributed by atoms with van der Waals surface area (Å²) in [5.74, 6) is -0.938. The highest BCUT2D eigenvalue weighted by molar-refractivity contribution is 9.10. The summed E-state index contributed by atoms with van der Waals surface area (Å²) >= 11 is 3.17. The maximum absolute atomic E-state index is 10.7. The van der Waals surface area contributed by atoms with Gasteiger partial charge in [-0.3, -0.25) is 0 Å². The Balaban J connectivity index is 3.29. The Morgan fingerprint density at radius 1 is 1.58 bits per heavy atom. The molecule has 0 aliphatic heterocycles. The van der Waals surface area contributed by atoms with Crippen molar-refractivity contribution in [2.24, 2.45) is 0 Å². The molecule has 0 radical (unpaired) electrons. The van der Waals surface area contributed by atoms with Gasteiger partial charge in [0, 0.05) is 17.2 Å². The molecule has 3 nitrogen and oxygen atoms in total. The number of hydrogen-bond acceptors (Lipinski definition) is 2. The van der Waals surface area contributed by atoms with E-state index in [1.807, 2.05) is 0 Å². The average molecular weight is 230 g/mol. The third kappa shape index (κ3) is 1.58. The minimum Gasteiger partial charge on any atom is -0.478 e. The summed E-state index contributed by atoms with van der Waals surface area (Å²) in [6, 6.07) is 5.20. The molecule has 0 spiro atoms. The molecule has 0 aliphatic rings. The Hall–Kier alpha value is -1.03. The number of benzene rings is 1. The largest absolute Gasteiger partial charge is 0.478 e. The number of carboxylic acids is 1. The maximum Gasteiger partial charge on any atom is 0.338 e. The Kier molecular flexibility index (Phi) is 2.70. The summed E-state index contributed by atoms with van der Waals surface area (Å²) in [6.07, 6.45) is 0. The van der Waals surface area contributed by atoms with E-state index in [9.17, 15) is 4.79 Å². The predicted molar refractivity (Wildman–Crippen MR) is 50.6 cm³/mol. The first-order valence-electron chi connectivity index (χ1n) is 3.36. The van der Waals surface area contributed by atoms with Crippen LogP contribution < -0.4 is 5.32 Å². The lowest BCUT2D eigenvalue weighted by molar-refractivity contribution is 0.0697. The number of nitrogens with one attached hydrogen (secondary N) is 1. The van der Waals surface area contributed by atoms with Crippen LogP contribution in [0.3, 0.4) is 0 Å². The number of aromatic carboxylic acids is 1. The smallest absolute Gasteiger partial charge is 0.338 e. The van der Waals surface area contributed by atoms with Crippen LogP contribution in [0.4, 0.5) is 5.69 Å². The summed E-state index contributed by atoms with van der Waals surface area (Å²) in [4.78, 5) is 10.7. The molecule has 0 aromatic heterocycles. The highest BCUT2D eigenvalue weighted by Crippen LogP contribution is 2.23. The first kappa shape index (κ1) is 9.06. The van der Waals surface area contributed by atoms with Gasteiger partial charge >= 0.3 is 5.97 Å². The fourth-order valence-electron chi connectivity index (χ4n) is 0.950. The van der Waals surface area contributed by atoms with E-state index in [1.54, 1.807) is 25.2 Å². The molecule has 0 bridgehead atoms. The quantitative estimate of drug-likeness (QED) is 0.818. The molecule has 12 heavy (non-hydrogen) atoms. The van der Waals surface area contributed by atoms with Crippen LogP contribution in [0.25, 0.3) is 0 Å². The van der Waals surface area contributed by atoms with Crippen LogP contribution in [-0.2, 0) is 0 Å². The summed E-state index contributed by atoms with van der Waals surface area (Å²) in [6.45, 7) is 0. The third-order valence-corrected chi connectivity index (χ3v) is 2.16. The average Bonchev–Trinajstić information content (AvgIpc) is 2.03. The van der Waals surface area contributed by atoms with Crippen molar-refractivity contribution in [3.63, 3.8) is 0 Å². The van der Waals surface area contributed by atoms with Crippen molar-refractivity contribution >= 4 is 27.6 Å². The summed E-state index contributed by atoms with van der Waals surface area (Å²) in [5.41, 5.74) is 0.872. The Bertz CT molecular complexity index is 312. The van der Waals surface area contributed by atoms with Crippen molar-refractivity contribution in [2.45, 2.75) is 0 Å². The number of carboxylic acid groups (broad SMARTS) is 1. The van der Waals surface area contributed by atoms with Gasteiger partial charge in [-0.1, -0.05) is 6.07 Å². The van der Waals surface area contributed by atoms with Crippen LogP contribution in [0.15, 0.2) is 22.7 Å². The zero-order chi connectivity index (χ0) is 9.14. The van der Waals surface area contributed by atoms with Gasteiger partial charge in [0.05, 0.1) is 5.56 Å². The molecular weight excluding hydrogens is 222 g/mol. The highest BCUT2D eigenvalue weighted by atomic mass is 79.9. The lowest BCUT2D eigenvalue weighted by Gasteiger charge is -2.05. The number of hydrogen-bond donors (Lipinski definition) is 2. The van der Waals surface area contributed by atoms with Crippen molar-refractivity contribution in [3.8, 4) is 0 Å². The summed E-state index contributed by atoms with van der Waals surface area (Å²) in [5, 5.41) is 11.6. The molecule has 0 fully saturated rings. The van der Waals surface area contributed by atoms with Crippen molar-refractivity contribution in [1.82, 2.24) is 0 Å². The van der Waals surface area contributed by atoms with Crippen molar-refractivity contribution < 1.29 is 9.90 Å². The second-order valence-corrected chi connectivity index (χ2v) is 3.07. The van der Waals surface area contributed by atoms with E-state index < -0.39 is 5.97 Å². The van der Waals surface area contributed by atoms with Crippen LogP contribution in [0, 0.1) is 0 Å². The number of halogens is 1. The van der Waals surface area contributed by atoms with E-state index in [0.29, 0.717) is 10.2 Å². The molecule has 1 aromatic rings. The second kappa shape index (κ2) is 3.58. The Labute approximate surface area is 78.5 Å². The second-order valence-electron chi connectivity index (χ2n) is 2.22. The standard InChI is InChI=1S/C8H8BrNO2/c1-10-6-4-2-3-5(9)7(6)8(11)12/h2-4,10H,1H3,(H,11,12). The fourth-order valence-corrected chi connectivity index (χ4v) is 1.49. The molecule has 0 saturated carbocycles. The van der Waals surface area contributed by atoms with Gasteiger partial charge in [-0.15, -0.1) is 0 Å². The Morgan fingerprint density at radius 3 is 2.67 bits per heavy atom. The van der Waals surface area contributed by atoms with E-state index in [-0.39, 0.29) is 5.56 Å². The van der Waals surface area contributed by atoms with Crippen LogP contribution >= 0.6 is 15.9 Å². The van der Waals surface area contributed by atoms with E-state index in [0.717, 1.165) is 0 Å². The van der Waals surface area contributed by atoms with Gasteiger partial charge in [0.25, 0.3) is 0 Å². The SMILES string of the molecule is CNc1cccc(Br)c1C(=O)O. The van der Waals surface area contributed by atoms with Crippen molar-refractivity contribution in [2.75, 3.05) is 12.4 Å². The molecule has 0 saturated heterocycles. The van der Waals surface area contributed by atoms with Gasteiger partial charge in [0.1, 0.15) is 0 Å². The van der Waals surface area contributed by atoms with Crippen molar-refractivity contribution in [1.29, 1.82) is 0 Å². The molecule has 0 amide bonds. The minimum atomic E-state index is -0.938. The first-order chi connectivity index (χ1) is 5.66. The molecule has 0 unspecified atom stereocenters. The molecule has 4 heteroatoms. The van der Waals surface area contributed by atoms with E-state index in [2.05, 4.69) is 21.2 Å². The molecule has 2 N–H and O–H groups in total. The minimum absolute atomic E-state index is 0.264. The van der Waals surface area contributed by atoms with Gasteiger partial charge in [0.15, 0.2) is 0 Å². The third-order valence-electron chi connectivity index (χ3n) is 1.50. The number of carbonyl (C=O) groups is 1. The summed E-state index contributed by atoms with van der Waals surface area (Å²) < 4.78 is 0.585. The fraction of sp³-hybridized carbons (Fsp3) is 0.125. The number of anilines is 1. The van der Waals surface area contributed by atoms with E-state index >= 15 is 0 Å². The first-order valence-corrected chi connectivity index (χ1v) is 4.15. The van der Waals surface area contributed by atoms with E-state index in [4.69, 9.17) is 5.11 Å². The van der Waals surface area contributed by atoms with Gasteiger partial charge in [-0.25, -0.2) is 4.79 Å². The molecule has 0 heterocycles. The Morgan fingerprint density at radius 2 is 2.25 bits per heavy atom. The molecular formula is C8H8BrNO2. The lowest BCUT2D eigenvalue weighted by Crippen LogP contribution is -2.03. The van der Waals surface area contributed by atoms with Crippen LogP contribution in [-0.4, -0.2) is 18.1 Å². The zero-order valence-electron chi connectivity index (χ0n) is 6.47. The highest BCUT2D eigenvalue weighted by Gasteiger charge is 2.11. The molecule has 0 atom stereocenters.